The lowest BCUT2D eigenvalue weighted by atomic mass is 9.64. The molecule has 3 heterocycles. The summed E-state index contributed by atoms with van der Waals surface area (Å²) in [6, 6.07) is 5.68. The number of anilines is 1. The van der Waals surface area contributed by atoms with E-state index in [2.05, 4.69) is 33.9 Å². The third kappa shape index (κ3) is 6.01. The van der Waals surface area contributed by atoms with Gasteiger partial charge in [-0.2, -0.15) is 0 Å². The normalized spacial score (nSPS) is 27.7. The summed E-state index contributed by atoms with van der Waals surface area (Å²) in [6.45, 7) is 24.7. The van der Waals surface area contributed by atoms with E-state index in [0.29, 0.717) is 50.3 Å². The van der Waals surface area contributed by atoms with Gasteiger partial charge in [-0.25, -0.2) is 0 Å². The standard InChI is InChI=1S/C37H55N3O6/c1-11-21-38(26-15-17-27(18-16-26)45-14-4)31(42)28-29-32(43)40(25(5)23-41)30(37(29)20-19-36(28,13-3)46-37)33(44)39(22-12-2)35(9,10)24-34(6,7)8/h11-12,15-18,25,28-30,41H,1-2,13-14,19-24H2,3-10H3/t25-,28-,29+,30?,36+,37?/m1/s1. The lowest BCUT2D eigenvalue weighted by Crippen LogP contribution is -2.62. The van der Waals surface area contributed by atoms with Gasteiger partial charge in [0.1, 0.15) is 17.4 Å². The van der Waals surface area contributed by atoms with Crippen molar-refractivity contribution in [3.05, 3.63) is 49.6 Å². The molecule has 0 aromatic heterocycles. The number of carbonyl (C=O) groups is 3. The van der Waals surface area contributed by atoms with E-state index in [1.54, 1.807) is 24.0 Å². The van der Waals surface area contributed by atoms with Crippen molar-refractivity contribution in [3.8, 4) is 5.75 Å². The second-order valence-corrected chi connectivity index (χ2v) is 15.1. The number of ether oxygens (including phenoxy) is 2. The summed E-state index contributed by atoms with van der Waals surface area (Å²) in [5, 5.41) is 10.4. The average Bonchev–Trinajstić information content (AvgIpc) is 3.60. The number of benzene rings is 1. The number of rotatable bonds is 14. The van der Waals surface area contributed by atoms with Crippen LogP contribution in [0.1, 0.15) is 81.1 Å². The summed E-state index contributed by atoms with van der Waals surface area (Å²) >= 11 is 0. The van der Waals surface area contributed by atoms with Gasteiger partial charge >= 0.3 is 0 Å². The van der Waals surface area contributed by atoms with E-state index < -0.39 is 40.7 Å². The maximum absolute atomic E-state index is 15.0. The van der Waals surface area contributed by atoms with E-state index in [4.69, 9.17) is 9.47 Å². The fourth-order valence-corrected chi connectivity index (χ4v) is 8.69. The summed E-state index contributed by atoms with van der Waals surface area (Å²) in [5.74, 6) is -1.77. The van der Waals surface area contributed by atoms with Crippen molar-refractivity contribution in [2.24, 2.45) is 17.3 Å². The lowest BCUT2D eigenvalue weighted by Gasteiger charge is -2.46. The second kappa shape index (κ2) is 13.1. The van der Waals surface area contributed by atoms with Gasteiger partial charge in [0.15, 0.2) is 0 Å². The third-order valence-corrected chi connectivity index (χ3v) is 10.2. The first-order chi connectivity index (χ1) is 21.6. The summed E-state index contributed by atoms with van der Waals surface area (Å²) in [5.41, 5.74) is -2.09. The molecule has 0 aliphatic carbocycles. The summed E-state index contributed by atoms with van der Waals surface area (Å²) in [4.78, 5) is 49.5. The lowest BCUT2D eigenvalue weighted by molar-refractivity contribution is -0.159. The molecule has 4 rings (SSSR count). The van der Waals surface area contributed by atoms with E-state index in [0.717, 1.165) is 0 Å². The van der Waals surface area contributed by atoms with Crippen molar-refractivity contribution in [2.75, 3.05) is 31.2 Å². The Hall–Kier alpha value is -3.17. The molecule has 1 aromatic rings. The summed E-state index contributed by atoms with van der Waals surface area (Å²) in [7, 11) is 0. The Morgan fingerprint density at radius 2 is 1.72 bits per heavy atom. The number of fused-ring (bicyclic) bond motifs is 1. The van der Waals surface area contributed by atoms with Crippen LogP contribution < -0.4 is 9.64 Å². The number of hydrogen-bond donors (Lipinski definition) is 1. The van der Waals surface area contributed by atoms with Gasteiger partial charge in [-0.15, -0.1) is 13.2 Å². The van der Waals surface area contributed by atoms with Gasteiger partial charge < -0.3 is 29.3 Å². The zero-order valence-corrected chi connectivity index (χ0v) is 29.2. The smallest absolute Gasteiger partial charge is 0.249 e. The summed E-state index contributed by atoms with van der Waals surface area (Å²) < 4.78 is 12.6. The van der Waals surface area contributed by atoms with Crippen LogP contribution in [0.5, 0.6) is 5.75 Å². The molecule has 9 heteroatoms. The molecule has 1 spiro atoms. The molecule has 2 bridgehead atoms. The van der Waals surface area contributed by atoms with Crippen LogP contribution in [-0.4, -0.2) is 87.8 Å². The van der Waals surface area contributed by atoms with E-state index in [9.17, 15) is 19.5 Å². The highest BCUT2D eigenvalue weighted by Crippen LogP contribution is 2.65. The van der Waals surface area contributed by atoms with Crippen LogP contribution in [0.15, 0.2) is 49.6 Å². The molecular weight excluding hydrogens is 582 g/mol. The fourth-order valence-electron chi connectivity index (χ4n) is 8.69. The van der Waals surface area contributed by atoms with Gasteiger partial charge in [0.2, 0.25) is 17.7 Å². The number of carbonyl (C=O) groups excluding carboxylic acids is 3. The van der Waals surface area contributed by atoms with Crippen molar-refractivity contribution < 1.29 is 29.0 Å². The number of aliphatic hydroxyl groups is 1. The molecule has 6 atom stereocenters. The Balaban J connectivity index is 1.83. The molecule has 3 amide bonds. The maximum Gasteiger partial charge on any atom is 0.249 e. The first-order valence-corrected chi connectivity index (χ1v) is 16.8. The monoisotopic (exact) mass is 637 g/mol. The van der Waals surface area contributed by atoms with Crippen LogP contribution in [0.4, 0.5) is 5.69 Å². The minimum absolute atomic E-state index is 0.0742. The molecule has 3 saturated heterocycles. The molecule has 3 fully saturated rings. The first-order valence-electron chi connectivity index (χ1n) is 16.8. The van der Waals surface area contributed by atoms with Crippen LogP contribution >= 0.6 is 0 Å². The van der Waals surface area contributed by atoms with Gasteiger partial charge in [-0.3, -0.25) is 14.4 Å². The number of nitrogens with zero attached hydrogens (tertiary/aromatic N) is 3. The van der Waals surface area contributed by atoms with Crippen molar-refractivity contribution in [3.63, 3.8) is 0 Å². The number of hydrogen-bond acceptors (Lipinski definition) is 6. The molecule has 3 aliphatic heterocycles. The molecule has 1 N–H and O–H groups in total. The predicted octanol–water partition coefficient (Wildman–Crippen LogP) is 5.37. The van der Waals surface area contributed by atoms with Crippen molar-refractivity contribution in [2.45, 2.75) is 110 Å². The second-order valence-electron chi connectivity index (χ2n) is 15.1. The largest absolute Gasteiger partial charge is 0.494 e. The Morgan fingerprint density at radius 3 is 2.24 bits per heavy atom. The molecular formula is C37H55N3O6. The third-order valence-electron chi connectivity index (χ3n) is 10.2. The predicted molar refractivity (Wildman–Crippen MR) is 180 cm³/mol. The summed E-state index contributed by atoms with van der Waals surface area (Å²) in [6.07, 6.45) is 5.63. The minimum Gasteiger partial charge on any atom is -0.494 e. The molecule has 2 unspecified atom stereocenters. The van der Waals surface area contributed by atoms with Gasteiger partial charge in [0.05, 0.1) is 36.7 Å². The van der Waals surface area contributed by atoms with Crippen molar-refractivity contribution >= 4 is 23.4 Å². The van der Waals surface area contributed by atoms with Gasteiger partial charge in [-0.1, -0.05) is 39.8 Å². The van der Waals surface area contributed by atoms with Crippen LogP contribution in [-0.2, 0) is 19.1 Å². The Kier molecular flexibility index (Phi) is 10.2. The molecule has 0 saturated carbocycles. The topological polar surface area (TPSA) is 99.6 Å². The molecule has 1 aromatic carbocycles. The van der Waals surface area contributed by atoms with Gasteiger partial charge in [0.25, 0.3) is 0 Å². The van der Waals surface area contributed by atoms with Crippen LogP contribution in [0.3, 0.4) is 0 Å². The molecule has 3 aliphatic rings. The van der Waals surface area contributed by atoms with Crippen molar-refractivity contribution in [1.29, 1.82) is 0 Å². The number of amides is 3. The molecule has 0 radical (unpaired) electrons. The van der Waals surface area contributed by atoms with Crippen molar-refractivity contribution in [1.82, 2.24) is 9.80 Å². The average molecular weight is 638 g/mol. The van der Waals surface area contributed by atoms with E-state index >= 15 is 0 Å². The van der Waals surface area contributed by atoms with E-state index in [1.807, 2.05) is 56.9 Å². The van der Waals surface area contributed by atoms with E-state index in [1.165, 1.54) is 4.90 Å². The van der Waals surface area contributed by atoms with Crippen LogP contribution in [0, 0.1) is 17.3 Å². The van der Waals surface area contributed by atoms with Gasteiger partial charge in [-0.05, 0) is 83.1 Å². The van der Waals surface area contributed by atoms with E-state index in [-0.39, 0.29) is 36.3 Å². The fraction of sp³-hybridized carbons (Fsp3) is 0.649. The molecule has 46 heavy (non-hydrogen) atoms. The van der Waals surface area contributed by atoms with Crippen LogP contribution in [0.25, 0.3) is 0 Å². The first kappa shape index (κ1) is 35.7. The Labute approximate surface area is 275 Å². The SMILES string of the molecule is C=CCN(C(=O)[C@H]1[C@H]2C(=O)N([C@H](C)CO)C(C(=O)N(CC=C)C(C)(C)CC(C)(C)C)C23CC[C@]1(CC)O3)c1ccc(OCC)cc1. The number of likely N-dealkylation sites (tertiary alicyclic amines) is 1. The zero-order chi connectivity index (χ0) is 34.2. The molecule has 9 nitrogen and oxygen atoms in total. The highest BCUT2D eigenvalue weighted by atomic mass is 16.5. The highest BCUT2D eigenvalue weighted by Gasteiger charge is 2.79. The Morgan fingerprint density at radius 1 is 1.09 bits per heavy atom. The minimum atomic E-state index is -1.20. The quantitative estimate of drug-likeness (QED) is 0.276. The zero-order valence-electron chi connectivity index (χ0n) is 29.2. The Bertz CT molecular complexity index is 1320. The maximum atomic E-state index is 15.0. The van der Waals surface area contributed by atoms with Crippen LogP contribution in [0.2, 0.25) is 0 Å². The number of aliphatic hydroxyl groups excluding tert-OH is 1. The van der Waals surface area contributed by atoms with Gasteiger partial charge in [0, 0.05) is 24.3 Å². The highest BCUT2D eigenvalue weighted by molar-refractivity contribution is 6.03. The molecule has 254 valence electrons.